The van der Waals surface area contributed by atoms with Crippen LogP contribution in [0.4, 0.5) is 0 Å². The van der Waals surface area contributed by atoms with E-state index in [1.807, 2.05) is 25.1 Å². The maximum absolute atomic E-state index is 12.5. The summed E-state index contributed by atoms with van der Waals surface area (Å²) in [5.41, 5.74) is 0.893. The zero-order valence-corrected chi connectivity index (χ0v) is 11.1. The summed E-state index contributed by atoms with van der Waals surface area (Å²) in [5.74, 6) is 0.0839. The second-order valence-corrected chi connectivity index (χ2v) is 4.63. The zero-order valence-electron chi connectivity index (χ0n) is 11.1. The molecular weight excluding hydrogens is 232 g/mol. The molecule has 2 unspecified atom stereocenters. The molecule has 2 rings (SSSR count). The predicted octanol–water partition coefficient (Wildman–Crippen LogP) is -0.0721. The average Bonchev–Trinajstić information content (AvgIpc) is 2.76. The van der Waals surface area contributed by atoms with Crippen LogP contribution in [-0.4, -0.2) is 53.4 Å². The van der Waals surface area contributed by atoms with Gasteiger partial charge in [-0.1, -0.05) is 0 Å². The highest BCUT2D eigenvalue weighted by molar-refractivity contribution is 5.83. The van der Waals surface area contributed by atoms with Gasteiger partial charge in [-0.3, -0.25) is 9.48 Å². The van der Waals surface area contributed by atoms with E-state index in [0.717, 1.165) is 5.56 Å². The van der Waals surface area contributed by atoms with Gasteiger partial charge in [-0.2, -0.15) is 5.10 Å². The Bertz CT molecular complexity index is 418. The van der Waals surface area contributed by atoms with Crippen LogP contribution in [0.25, 0.3) is 0 Å². The lowest BCUT2D eigenvalue weighted by atomic mass is 10.1. The number of aryl methyl sites for hydroxylation is 1. The highest BCUT2D eigenvalue weighted by atomic mass is 16.5. The second-order valence-electron chi connectivity index (χ2n) is 4.63. The first kappa shape index (κ1) is 13.0. The Balaban J connectivity index is 2.10. The molecule has 1 aliphatic rings. The molecule has 100 valence electrons. The van der Waals surface area contributed by atoms with Crippen molar-refractivity contribution in [1.82, 2.24) is 20.0 Å². The second kappa shape index (κ2) is 5.49. The van der Waals surface area contributed by atoms with Crippen molar-refractivity contribution in [3.8, 4) is 0 Å². The third-order valence-electron chi connectivity index (χ3n) is 3.15. The van der Waals surface area contributed by atoms with E-state index in [0.29, 0.717) is 19.7 Å². The molecule has 6 heteroatoms. The first-order valence-corrected chi connectivity index (χ1v) is 6.18. The monoisotopic (exact) mass is 252 g/mol. The van der Waals surface area contributed by atoms with Crippen molar-refractivity contribution < 1.29 is 9.53 Å². The molecule has 1 N–H and O–H groups in total. The lowest BCUT2D eigenvalue weighted by Crippen LogP contribution is -2.48. The van der Waals surface area contributed by atoms with Crippen LogP contribution < -0.4 is 5.32 Å². The molecule has 1 fully saturated rings. The number of likely N-dealkylation sites (N-methyl/N-ethyl adjacent to an activating group) is 1. The lowest BCUT2D eigenvalue weighted by Gasteiger charge is -2.33. The lowest BCUT2D eigenvalue weighted by molar-refractivity contribution is -0.140. The predicted molar refractivity (Wildman–Crippen MR) is 67.0 cm³/mol. The third kappa shape index (κ3) is 2.70. The number of aromatic nitrogens is 2. The van der Waals surface area contributed by atoms with Crippen LogP contribution >= 0.6 is 0 Å². The Morgan fingerprint density at radius 2 is 2.44 bits per heavy atom. The Kier molecular flexibility index (Phi) is 3.98. The van der Waals surface area contributed by atoms with Crippen molar-refractivity contribution in [2.24, 2.45) is 7.05 Å². The van der Waals surface area contributed by atoms with Crippen LogP contribution in [-0.2, 0) is 16.6 Å². The molecule has 1 saturated heterocycles. The molecule has 0 saturated carbocycles. The third-order valence-corrected chi connectivity index (χ3v) is 3.15. The van der Waals surface area contributed by atoms with E-state index in [-0.39, 0.29) is 18.1 Å². The molecule has 1 aromatic rings. The van der Waals surface area contributed by atoms with Gasteiger partial charge in [-0.25, -0.2) is 0 Å². The maximum Gasteiger partial charge on any atom is 0.244 e. The molecule has 0 bridgehead atoms. The molecule has 0 radical (unpaired) electrons. The van der Waals surface area contributed by atoms with Crippen molar-refractivity contribution in [1.29, 1.82) is 0 Å². The molecule has 0 spiro atoms. The molecular formula is C12H20N4O2. The number of morpholine rings is 1. The normalized spacial score (nSPS) is 21.9. The van der Waals surface area contributed by atoms with E-state index in [1.54, 1.807) is 17.9 Å². The maximum atomic E-state index is 12.5. The fourth-order valence-corrected chi connectivity index (χ4v) is 2.22. The highest BCUT2D eigenvalue weighted by Gasteiger charge is 2.28. The van der Waals surface area contributed by atoms with E-state index in [4.69, 9.17) is 4.74 Å². The minimum absolute atomic E-state index is 0.0839. The topological polar surface area (TPSA) is 59.4 Å². The number of hydrogen-bond donors (Lipinski definition) is 1. The van der Waals surface area contributed by atoms with Crippen molar-refractivity contribution in [3.05, 3.63) is 18.0 Å². The van der Waals surface area contributed by atoms with E-state index in [1.165, 1.54) is 0 Å². The van der Waals surface area contributed by atoms with Crippen LogP contribution in [0.2, 0.25) is 0 Å². The molecule has 1 amide bonds. The summed E-state index contributed by atoms with van der Waals surface area (Å²) in [6, 6.07) is -0.330. The molecule has 1 aromatic heterocycles. The van der Waals surface area contributed by atoms with Gasteiger partial charge in [-0.15, -0.1) is 0 Å². The number of nitrogens with one attached hydrogen (secondary N) is 1. The van der Waals surface area contributed by atoms with Gasteiger partial charge < -0.3 is 15.0 Å². The SMILES string of the molecule is CNC(C(=O)N1CCOC(C)C1)c1cnn(C)c1. The van der Waals surface area contributed by atoms with Crippen molar-refractivity contribution in [3.63, 3.8) is 0 Å². The molecule has 2 heterocycles. The quantitative estimate of drug-likeness (QED) is 0.818. The van der Waals surface area contributed by atoms with Gasteiger partial charge in [0.25, 0.3) is 0 Å². The van der Waals surface area contributed by atoms with E-state index < -0.39 is 0 Å². The fraction of sp³-hybridized carbons (Fsp3) is 0.667. The van der Waals surface area contributed by atoms with Gasteiger partial charge in [0.1, 0.15) is 6.04 Å². The van der Waals surface area contributed by atoms with Crippen molar-refractivity contribution in [2.75, 3.05) is 26.7 Å². The van der Waals surface area contributed by atoms with Crippen LogP contribution in [0.1, 0.15) is 18.5 Å². The molecule has 6 nitrogen and oxygen atoms in total. The summed E-state index contributed by atoms with van der Waals surface area (Å²) in [5, 5.41) is 7.17. The van der Waals surface area contributed by atoms with Gasteiger partial charge in [0.2, 0.25) is 5.91 Å². The van der Waals surface area contributed by atoms with Crippen LogP contribution in [0, 0.1) is 0 Å². The number of carbonyl (C=O) groups excluding carboxylic acids is 1. The van der Waals surface area contributed by atoms with Gasteiger partial charge in [0.05, 0.1) is 18.9 Å². The molecule has 1 aliphatic heterocycles. The Labute approximate surface area is 107 Å². The highest BCUT2D eigenvalue weighted by Crippen LogP contribution is 2.16. The van der Waals surface area contributed by atoms with Crippen molar-refractivity contribution >= 4 is 5.91 Å². The zero-order chi connectivity index (χ0) is 13.1. The Hall–Kier alpha value is -1.40. The molecule has 18 heavy (non-hydrogen) atoms. The molecule has 2 atom stereocenters. The van der Waals surface area contributed by atoms with Crippen molar-refractivity contribution in [2.45, 2.75) is 19.1 Å². The average molecular weight is 252 g/mol. The number of carbonyl (C=O) groups is 1. The first-order chi connectivity index (χ1) is 8.61. The number of nitrogens with zero attached hydrogens (tertiary/aromatic N) is 3. The summed E-state index contributed by atoms with van der Waals surface area (Å²) in [4.78, 5) is 14.3. The van der Waals surface area contributed by atoms with E-state index in [2.05, 4.69) is 10.4 Å². The van der Waals surface area contributed by atoms with Gasteiger partial charge >= 0.3 is 0 Å². The number of hydrogen-bond acceptors (Lipinski definition) is 4. The van der Waals surface area contributed by atoms with Crippen LogP contribution in [0.15, 0.2) is 12.4 Å². The van der Waals surface area contributed by atoms with Crippen LogP contribution in [0.3, 0.4) is 0 Å². The standard InChI is InChI=1S/C12H20N4O2/c1-9-7-16(4-5-18-9)12(17)11(13-2)10-6-14-15(3)8-10/h6,8-9,11,13H,4-5,7H2,1-3H3. The molecule has 0 aliphatic carbocycles. The number of rotatable bonds is 3. The molecule has 0 aromatic carbocycles. The number of ether oxygens (including phenoxy) is 1. The summed E-state index contributed by atoms with van der Waals surface area (Å²) in [7, 11) is 3.64. The van der Waals surface area contributed by atoms with Gasteiger partial charge in [-0.05, 0) is 14.0 Å². The minimum atomic E-state index is -0.330. The number of amides is 1. The largest absolute Gasteiger partial charge is 0.375 e. The van der Waals surface area contributed by atoms with E-state index >= 15 is 0 Å². The van der Waals surface area contributed by atoms with E-state index in [9.17, 15) is 4.79 Å². The Morgan fingerprint density at radius 3 is 3.00 bits per heavy atom. The minimum Gasteiger partial charge on any atom is -0.375 e. The summed E-state index contributed by atoms with van der Waals surface area (Å²) in [6.45, 7) is 3.90. The Morgan fingerprint density at radius 1 is 1.67 bits per heavy atom. The van der Waals surface area contributed by atoms with Crippen LogP contribution in [0.5, 0.6) is 0 Å². The summed E-state index contributed by atoms with van der Waals surface area (Å²) in [6.07, 6.45) is 3.69. The van der Waals surface area contributed by atoms with Gasteiger partial charge in [0.15, 0.2) is 0 Å². The van der Waals surface area contributed by atoms with Gasteiger partial charge in [0, 0.05) is 31.9 Å². The summed E-state index contributed by atoms with van der Waals surface area (Å²) < 4.78 is 7.15. The first-order valence-electron chi connectivity index (χ1n) is 6.18. The summed E-state index contributed by atoms with van der Waals surface area (Å²) >= 11 is 0. The fourth-order valence-electron chi connectivity index (χ4n) is 2.22. The smallest absolute Gasteiger partial charge is 0.244 e.